The second-order valence-electron chi connectivity index (χ2n) is 6.79. The van der Waals surface area contributed by atoms with Gasteiger partial charge in [-0.2, -0.15) is 0 Å². The van der Waals surface area contributed by atoms with Crippen LogP contribution in [0.4, 0.5) is 0 Å². The Morgan fingerprint density at radius 2 is 2.00 bits per heavy atom. The van der Waals surface area contributed by atoms with Crippen LogP contribution in [-0.4, -0.2) is 41.7 Å². The monoisotopic (exact) mass is 366 g/mol. The predicted molar refractivity (Wildman–Crippen MR) is 108 cm³/mol. The molecule has 5 nitrogen and oxygen atoms in total. The molecule has 0 radical (unpaired) electrons. The van der Waals surface area contributed by atoms with Crippen LogP contribution < -0.4 is 10.1 Å². The first kappa shape index (κ1) is 19.1. The number of fused-ring (bicyclic) bond motifs is 1. The quantitative estimate of drug-likeness (QED) is 0.401. The second kappa shape index (κ2) is 8.84. The molecule has 0 saturated carbocycles. The number of aromatic nitrogens is 1. The first-order valence-electron chi connectivity index (χ1n) is 9.23. The van der Waals surface area contributed by atoms with E-state index in [-0.39, 0.29) is 12.4 Å². The molecule has 3 rings (SSSR count). The first-order valence-corrected chi connectivity index (χ1v) is 9.23. The zero-order valence-corrected chi connectivity index (χ0v) is 15.8. The molecule has 0 fully saturated rings. The molecule has 27 heavy (non-hydrogen) atoms. The molecule has 3 N–H and O–H groups in total. The number of benzene rings is 2. The van der Waals surface area contributed by atoms with Crippen LogP contribution in [0.1, 0.15) is 28.5 Å². The van der Waals surface area contributed by atoms with Gasteiger partial charge in [0.2, 0.25) is 0 Å². The number of H-pyrrole nitrogens is 1. The SMILES string of the molecule is CC(=O)c1c(C)[nH]c2ccc(OCC(O)CNCCc3ccccc3)cc12. The van der Waals surface area contributed by atoms with E-state index >= 15 is 0 Å². The standard InChI is InChI=1S/C22H26N2O3/c1-15-22(16(2)25)20-12-19(8-9-21(20)24-15)27-14-18(26)13-23-11-10-17-6-4-3-5-7-17/h3-9,12,18,23-24,26H,10-11,13-14H2,1-2H3. The number of hydrogen-bond acceptors (Lipinski definition) is 4. The maximum atomic E-state index is 11.9. The Bertz CT molecular complexity index is 903. The van der Waals surface area contributed by atoms with Gasteiger partial charge in [-0.05, 0) is 50.6 Å². The van der Waals surface area contributed by atoms with Gasteiger partial charge in [-0.1, -0.05) is 30.3 Å². The Labute approximate surface area is 159 Å². The molecule has 1 heterocycles. The van der Waals surface area contributed by atoms with Gasteiger partial charge in [-0.3, -0.25) is 4.79 Å². The lowest BCUT2D eigenvalue weighted by Gasteiger charge is -2.13. The highest BCUT2D eigenvalue weighted by atomic mass is 16.5. The first-order chi connectivity index (χ1) is 13.0. The summed E-state index contributed by atoms with van der Waals surface area (Å²) in [5.41, 5.74) is 3.73. The number of Topliss-reactive ketones (excluding diaryl/α,β-unsaturated/α-hetero) is 1. The van der Waals surface area contributed by atoms with Crippen LogP contribution >= 0.6 is 0 Å². The van der Waals surface area contributed by atoms with Crippen molar-refractivity contribution in [3.8, 4) is 5.75 Å². The van der Waals surface area contributed by atoms with Gasteiger partial charge in [-0.25, -0.2) is 0 Å². The number of ketones is 1. The molecule has 0 bridgehead atoms. The molecule has 1 unspecified atom stereocenters. The van der Waals surface area contributed by atoms with Crippen LogP contribution in [0.3, 0.4) is 0 Å². The molecule has 3 aromatic rings. The average molecular weight is 366 g/mol. The van der Waals surface area contributed by atoms with Crippen LogP contribution in [0.5, 0.6) is 5.75 Å². The summed E-state index contributed by atoms with van der Waals surface area (Å²) in [7, 11) is 0. The van der Waals surface area contributed by atoms with E-state index in [1.54, 1.807) is 6.92 Å². The predicted octanol–water partition coefficient (Wildman–Crippen LogP) is 3.25. The zero-order valence-electron chi connectivity index (χ0n) is 15.8. The highest BCUT2D eigenvalue weighted by Crippen LogP contribution is 2.26. The molecule has 5 heteroatoms. The minimum atomic E-state index is -0.600. The normalized spacial score (nSPS) is 12.3. The molecule has 0 spiro atoms. The van der Waals surface area contributed by atoms with Crippen molar-refractivity contribution in [1.29, 1.82) is 0 Å². The minimum absolute atomic E-state index is 0.0264. The summed E-state index contributed by atoms with van der Waals surface area (Å²) in [5, 5.41) is 14.2. The Balaban J connectivity index is 1.49. The summed E-state index contributed by atoms with van der Waals surface area (Å²) in [6, 6.07) is 15.8. The Kier molecular flexibility index (Phi) is 6.27. The molecule has 1 aromatic heterocycles. The summed E-state index contributed by atoms with van der Waals surface area (Å²) in [5.74, 6) is 0.672. The number of carbonyl (C=O) groups is 1. The third kappa shape index (κ3) is 4.96. The maximum Gasteiger partial charge on any atom is 0.162 e. The third-order valence-electron chi connectivity index (χ3n) is 4.57. The summed E-state index contributed by atoms with van der Waals surface area (Å²) in [6.07, 6.45) is 0.322. The number of aliphatic hydroxyl groups excluding tert-OH is 1. The fourth-order valence-corrected chi connectivity index (χ4v) is 3.25. The second-order valence-corrected chi connectivity index (χ2v) is 6.79. The summed E-state index contributed by atoms with van der Waals surface area (Å²) in [6.45, 7) is 4.92. The highest BCUT2D eigenvalue weighted by Gasteiger charge is 2.13. The van der Waals surface area contributed by atoms with Crippen molar-refractivity contribution in [3.63, 3.8) is 0 Å². The lowest BCUT2D eigenvalue weighted by molar-refractivity contribution is 0.101. The number of rotatable bonds is 9. The minimum Gasteiger partial charge on any atom is -0.491 e. The smallest absolute Gasteiger partial charge is 0.162 e. The maximum absolute atomic E-state index is 11.9. The van der Waals surface area contributed by atoms with Crippen molar-refractivity contribution in [2.45, 2.75) is 26.4 Å². The molecular weight excluding hydrogens is 340 g/mol. The van der Waals surface area contributed by atoms with Crippen LogP contribution in [0.25, 0.3) is 10.9 Å². The molecule has 142 valence electrons. The largest absolute Gasteiger partial charge is 0.491 e. The molecule has 0 aliphatic rings. The number of carbonyl (C=O) groups excluding carboxylic acids is 1. The molecular formula is C22H26N2O3. The van der Waals surface area contributed by atoms with Crippen molar-refractivity contribution in [2.75, 3.05) is 19.7 Å². The average Bonchev–Trinajstić information content (AvgIpc) is 2.99. The Morgan fingerprint density at radius 1 is 1.22 bits per heavy atom. The topological polar surface area (TPSA) is 74.4 Å². The fourth-order valence-electron chi connectivity index (χ4n) is 3.25. The number of ether oxygens (including phenoxy) is 1. The molecule has 2 aromatic carbocycles. The van der Waals surface area contributed by atoms with E-state index in [9.17, 15) is 9.90 Å². The summed E-state index contributed by atoms with van der Waals surface area (Å²) < 4.78 is 5.72. The van der Waals surface area contributed by atoms with E-state index in [0.717, 1.165) is 29.6 Å². The lowest BCUT2D eigenvalue weighted by atomic mass is 10.1. The summed E-state index contributed by atoms with van der Waals surface area (Å²) in [4.78, 5) is 15.1. The van der Waals surface area contributed by atoms with E-state index in [1.165, 1.54) is 5.56 Å². The van der Waals surface area contributed by atoms with Gasteiger partial charge >= 0.3 is 0 Å². The van der Waals surface area contributed by atoms with Gasteiger partial charge in [-0.15, -0.1) is 0 Å². The number of hydrogen-bond donors (Lipinski definition) is 3. The van der Waals surface area contributed by atoms with Crippen LogP contribution in [0.2, 0.25) is 0 Å². The van der Waals surface area contributed by atoms with Gasteiger partial charge < -0.3 is 20.1 Å². The van der Waals surface area contributed by atoms with Crippen LogP contribution in [-0.2, 0) is 6.42 Å². The molecule has 0 saturated heterocycles. The lowest BCUT2D eigenvalue weighted by Crippen LogP contribution is -2.32. The van der Waals surface area contributed by atoms with Gasteiger partial charge in [0.25, 0.3) is 0 Å². The van der Waals surface area contributed by atoms with Gasteiger partial charge in [0.05, 0.1) is 0 Å². The van der Waals surface area contributed by atoms with Crippen molar-refractivity contribution < 1.29 is 14.6 Å². The van der Waals surface area contributed by atoms with Crippen molar-refractivity contribution in [1.82, 2.24) is 10.3 Å². The molecule has 0 aliphatic carbocycles. The van der Waals surface area contributed by atoms with Crippen molar-refractivity contribution in [2.24, 2.45) is 0 Å². The third-order valence-corrected chi connectivity index (χ3v) is 4.57. The Hall–Kier alpha value is -2.63. The fraction of sp³-hybridized carbons (Fsp3) is 0.318. The van der Waals surface area contributed by atoms with E-state index < -0.39 is 6.10 Å². The number of aliphatic hydroxyl groups is 1. The van der Waals surface area contributed by atoms with Gasteiger partial charge in [0.15, 0.2) is 5.78 Å². The van der Waals surface area contributed by atoms with Crippen LogP contribution in [0, 0.1) is 6.92 Å². The van der Waals surface area contributed by atoms with Crippen molar-refractivity contribution in [3.05, 3.63) is 65.4 Å². The van der Waals surface area contributed by atoms with Gasteiger partial charge in [0.1, 0.15) is 18.5 Å². The molecule has 0 amide bonds. The van der Waals surface area contributed by atoms with Gasteiger partial charge in [0, 0.05) is 28.7 Å². The van der Waals surface area contributed by atoms with E-state index in [2.05, 4.69) is 22.4 Å². The number of aryl methyl sites for hydroxylation is 1. The number of aromatic amines is 1. The highest BCUT2D eigenvalue weighted by molar-refractivity contribution is 6.08. The van der Waals surface area contributed by atoms with E-state index in [1.807, 2.05) is 43.3 Å². The number of nitrogens with one attached hydrogen (secondary N) is 2. The zero-order chi connectivity index (χ0) is 19.2. The van der Waals surface area contributed by atoms with E-state index in [0.29, 0.717) is 17.9 Å². The molecule has 1 atom stereocenters. The van der Waals surface area contributed by atoms with Crippen molar-refractivity contribution >= 4 is 16.7 Å². The summed E-state index contributed by atoms with van der Waals surface area (Å²) >= 11 is 0. The Morgan fingerprint density at radius 3 is 2.74 bits per heavy atom. The molecule has 0 aliphatic heterocycles. The van der Waals surface area contributed by atoms with E-state index in [4.69, 9.17) is 4.74 Å². The van der Waals surface area contributed by atoms with Crippen LogP contribution in [0.15, 0.2) is 48.5 Å².